The molecule has 0 bridgehead atoms. The number of benzene rings is 1. The maximum absolute atomic E-state index is 13.2. The van der Waals surface area contributed by atoms with Gasteiger partial charge in [0, 0.05) is 50.6 Å². The Bertz CT molecular complexity index is 805. The van der Waals surface area contributed by atoms with Gasteiger partial charge in [-0.15, -0.1) is 11.8 Å². The maximum atomic E-state index is 13.2. The summed E-state index contributed by atoms with van der Waals surface area (Å²) < 4.78 is 28.1. The number of nitrogens with zero attached hydrogens (tertiary/aromatic N) is 3. The Balaban J connectivity index is 1.80. The molecular formula is C20H31N3O3S2. The van der Waals surface area contributed by atoms with Gasteiger partial charge in [0.2, 0.25) is 15.9 Å². The van der Waals surface area contributed by atoms with Crippen LogP contribution in [-0.4, -0.2) is 68.0 Å². The van der Waals surface area contributed by atoms with E-state index < -0.39 is 10.0 Å². The summed E-state index contributed by atoms with van der Waals surface area (Å²) in [6.45, 7) is 9.12. The van der Waals surface area contributed by atoms with E-state index in [9.17, 15) is 13.2 Å². The van der Waals surface area contributed by atoms with Crippen LogP contribution in [0.5, 0.6) is 0 Å². The SMILES string of the molecule is CCC[C@@H](C)N1CCN(S(=O)(=O)c2ccc3c(c2)N(C(C)=O)CCCS3)CC1. The van der Waals surface area contributed by atoms with Crippen LogP contribution < -0.4 is 4.90 Å². The largest absolute Gasteiger partial charge is 0.311 e. The van der Waals surface area contributed by atoms with Gasteiger partial charge >= 0.3 is 0 Å². The van der Waals surface area contributed by atoms with Crippen molar-refractivity contribution in [1.29, 1.82) is 0 Å². The molecule has 0 spiro atoms. The van der Waals surface area contributed by atoms with E-state index in [1.807, 2.05) is 6.07 Å². The number of carbonyl (C=O) groups excluding carboxylic acids is 1. The lowest BCUT2D eigenvalue weighted by molar-refractivity contribution is -0.116. The summed E-state index contributed by atoms with van der Waals surface area (Å²) in [4.78, 5) is 17.4. The summed E-state index contributed by atoms with van der Waals surface area (Å²) in [6.07, 6.45) is 3.18. The molecular weight excluding hydrogens is 394 g/mol. The van der Waals surface area contributed by atoms with Gasteiger partial charge in [-0.1, -0.05) is 13.3 Å². The molecule has 0 radical (unpaired) electrons. The van der Waals surface area contributed by atoms with Crippen molar-refractivity contribution < 1.29 is 13.2 Å². The van der Waals surface area contributed by atoms with Crippen LogP contribution in [0.1, 0.15) is 40.0 Å². The van der Waals surface area contributed by atoms with Crippen molar-refractivity contribution in [2.24, 2.45) is 0 Å². The second kappa shape index (κ2) is 9.15. The van der Waals surface area contributed by atoms with Crippen LogP contribution in [0.3, 0.4) is 0 Å². The molecule has 0 aliphatic carbocycles. The molecule has 1 fully saturated rings. The lowest BCUT2D eigenvalue weighted by atomic mass is 10.1. The summed E-state index contributed by atoms with van der Waals surface area (Å²) in [7, 11) is -3.56. The normalized spacial score (nSPS) is 20.5. The first kappa shape index (κ1) is 21.6. The third-order valence-corrected chi connectivity index (χ3v) is 8.67. The highest BCUT2D eigenvalue weighted by molar-refractivity contribution is 7.99. The zero-order chi connectivity index (χ0) is 20.3. The molecule has 0 saturated carbocycles. The highest BCUT2D eigenvalue weighted by Crippen LogP contribution is 2.36. The van der Waals surface area contributed by atoms with Gasteiger partial charge in [0.1, 0.15) is 0 Å². The molecule has 0 unspecified atom stereocenters. The quantitative estimate of drug-likeness (QED) is 0.726. The van der Waals surface area contributed by atoms with Gasteiger partial charge in [-0.2, -0.15) is 4.31 Å². The van der Waals surface area contributed by atoms with Crippen LogP contribution in [-0.2, 0) is 14.8 Å². The topological polar surface area (TPSA) is 60.9 Å². The van der Waals surface area contributed by atoms with Crippen LogP contribution in [0.2, 0.25) is 0 Å². The zero-order valence-electron chi connectivity index (χ0n) is 17.1. The number of anilines is 1. The molecule has 6 nitrogen and oxygen atoms in total. The first-order valence-electron chi connectivity index (χ1n) is 10.1. The third kappa shape index (κ3) is 4.56. The Hall–Kier alpha value is -1.09. The van der Waals surface area contributed by atoms with Gasteiger partial charge in [-0.05, 0) is 43.7 Å². The fourth-order valence-electron chi connectivity index (χ4n) is 3.98. The first-order valence-corrected chi connectivity index (χ1v) is 12.6. The van der Waals surface area contributed by atoms with Gasteiger partial charge < -0.3 is 4.90 Å². The fraction of sp³-hybridized carbons (Fsp3) is 0.650. The van der Waals surface area contributed by atoms with Gasteiger partial charge in [-0.25, -0.2) is 8.42 Å². The fourth-order valence-corrected chi connectivity index (χ4v) is 6.39. The molecule has 1 aromatic rings. The number of thioether (sulfide) groups is 1. The smallest absolute Gasteiger partial charge is 0.243 e. The van der Waals surface area contributed by atoms with E-state index in [0.717, 1.165) is 48.7 Å². The molecule has 2 aliphatic heterocycles. The van der Waals surface area contributed by atoms with Gasteiger partial charge in [0.25, 0.3) is 0 Å². The van der Waals surface area contributed by atoms with E-state index >= 15 is 0 Å². The summed E-state index contributed by atoms with van der Waals surface area (Å²) in [5.74, 6) is 0.887. The molecule has 1 saturated heterocycles. The minimum Gasteiger partial charge on any atom is -0.311 e. The Morgan fingerprint density at radius 3 is 2.54 bits per heavy atom. The second-order valence-corrected chi connectivity index (χ2v) is 10.7. The summed E-state index contributed by atoms with van der Waals surface area (Å²) >= 11 is 1.68. The van der Waals surface area contributed by atoms with Crippen LogP contribution in [0, 0.1) is 0 Å². The molecule has 0 aromatic heterocycles. The molecule has 1 aromatic carbocycles. The van der Waals surface area contributed by atoms with Crippen molar-refractivity contribution in [2.75, 3.05) is 43.4 Å². The van der Waals surface area contributed by atoms with Crippen LogP contribution in [0.25, 0.3) is 0 Å². The minimum absolute atomic E-state index is 0.0446. The molecule has 0 N–H and O–H groups in total. The molecule has 8 heteroatoms. The van der Waals surface area contributed by atoms with Crippen molar-refractivity contribution in [1.82, 2.24) is 9.21 Å². The standard InChI is InChI=1S/C20H31N3O3S2/c1-4-6-16(2)21-10-12-22(13-11-21)28(25,26)18-7-8-20-19(15-18)23(17(3)24)9-5-14-27-20/h7-8,15-16H,4-6,9-14H2,1-3H3/t16-/m1/s1. The number of hydrogen-bond donors (Lipinski definition) is 0. The minimum atomic E-state index is -3.56. The summed E-state index contributed by atoms with van der Waals surface area (Å²) in [6, 6.07) is 5.73. The van der Waals surface area contributed by atoms with E-state index in [4.69, 9.17) is 0 Å². The maximum Gasteiger partial charge on any atom is 0.243 e. The highest BCUT2D eigenvalue weighted by atomic mass is 32.2. The Kier molecular flexibility index (Phi) is 7.07. The zero-order valence-corrected chi connectivity index (χ0v) is 18.7. The van der Waals surface area contributed by atoms with Crippen LogP contribution >= 0.6 is 11.8 Å². The Morgan fingerprint density at radius 2 is 1.89 bits per heavy atom. The molecule has 156 valence electrons. The van der Waals surface area contributed by atoms with Gasteiger partial charge in [0.15, 0.2) is 0 Å². The van der Waals surface area contributed by atoms with Crippen molar-refractivity contribution >= 4 is 33.4 Å². The van der Waals surface area contributed by atoms with E-state index in [2.05, 4.69) is 18.7 Å². The van der Waals surface area contributed by atoms with E-state index in [1.165, 1.54) is 6.92 Å². The molecule has 1 atom stereocenters. The van der Waals surface area contributed by atoms with E-state index in [-0.39, 0.29) is 10.8 Å². The number of rotatable bonds is 5. The number of hydrogen-bond acceptors (Lipinski definition) is 5. The number of fused-ring (bicyclic) bond motifs is 1. The Labute approximate surface area is 173 Å². The van der Waals surface area contributed by atoms with E-state index in [0.29, 0.717) is 25.7 Å². The van der Waals surface area contributed by atoms with Crippen molar-refractivity contribution in [2.45, 2.75) is 55.9 Å². The lowest BCUT2D eigenvalue weighted by Crippen LogP contribution is -2.51. The summed E-state index contributed by atoms with van der Waals surface area (Å²) in [5, 5.41) is 0. The first-order chi connectivity index (χ1) is 13.3. The third-order valence-electron chi connectivity index (χ3n) is 5.63. The molecule has 3 rings (SSSR count). The van der Waals surface area contributed by atoms with Crippen molar-refractivity contribution in [3.8, 4) is 0 Å². The average Bonchev–Trinajstić information content (AvgIpc) is 2.90. The Morgan fingerprint density at radius 1 is 1.18 bits per heavy atom. The summed E-state index contributed by atoms with van der Waals surface area (Å²) in [5.41, 5.74) is 0.728. The average molecular weight is 426 g/mol. The number of sulfonamides is 1. The lowest BCUT2D eigenvalue weighted by Gasteiger charge is -2.37. The molecule has 2 aliphatic rings. The number of piperazine rings is 1. The monoisotopic (exact) mass is 425 g/mol. The van der Waals surface area contributed by atoms with E-state index in [1.54, 1.807) is 33.1 Å². The predicted octanol–water partition coefficient (Wildman–Crippen LogP) is 3.03. The number of amides is 1. The van der Waals surface area contributed by atoms with Crippen LogP contribution in [0.4, 0.5) is 5.69 Å². The number of carbonyl (C=O) groups is 1. The van der Waals surface area contributed by atoms with Gasteiger partial charge in [0.05, 0.1) is 10.6 Å². The van der Waals surface area contributed by atoms with Crippen LogP contribution in [0.15, 0.2) is 28.0 Å². The molecule has 2 heterocycles. The van der Waals surface area contributed by atoms with Crippen molar-refractivity contribution in [3.63, 3.8) is 0 Å². The van der Waals surface area contributed by atoms with Crippen molar-refractivity contribution in [3.05, 3.63) is 18.2 Å². The molecule has 28 heavy (non-hydrogen) atoms. The predicted molar refractivity (Wildman–Crippen MR) is 115 cm³/mol. The molecule has 1 amide bonds. The highest BCUT2D eigenvalue weighted by Gasteiger charge is 2.31. The second-order valence-electron chi connectivity index (χ2n) is 7.58. The van der Waals surface area contributed by atoms with Gasteiger partial charge in [-0.3, -0.25) is 9.69 Å².